The smallest absolute Gasteiger partial charge is 0.226 e. The molecule has 4 nitrogen and oxygen atoms in total. The molecule has 178 valence electrons. The molecule has 1 spiro atoms. The number of amides is 2. The lowest BCUT2D eigenvalue weighted by atomic mass is 9.87. The van der Waals surface area contributed by atoms with E-state index in [4.69, 9.17) is 0 Å². The molecule has 2 amide bonds. The molecule has 0 atom stereocenters. The number of hydrogen-bond acceptors (Lipinski definition) is 3. The highest BCUT2D eigenvalue weighted by Gasteiger charge is 2.48. The Hall–Kier alpha value is -0.710. The Labute approximate surface area is 195 Å². The number of rotatable bonds is 11. The third-order valence-corrected chi connectivity index (χ3v) is 9.34. The first-order valence-electron chi connectivity index (χ1n) is 13.4. The van der Waals surface area contributed by atoms with Crippen LogP contribution in [0.25, 0.3) is 0 Å². The molecule has 0 N–H and O–H groups in total. The number of unbranched alkanes of at least 4 members (excludes halogenated alkanes) is 8. The maximum absolute atomic E-state index is 13.2. The maximum Gasteiger partial charge on any atom is 0.226 e. The molecule has 1 aliphatic carbocycles. The molecule has 5 heteroatoms. The molecule has 0 aromatic carbocycles. The van der Waals surface area contributed by atoms with Crippen molar-refractivity contribution in [3.63, 3.8) is 0 Å². The minimum atomic E-state index is -0.0247. The van der Waals surface area contributed by atoms with Crippen molar-refractivity contribution in [2.45, 2.75) is 121 Å². The first-order valence-corrected chi connectivity index (χ1v) is 14.4. The fourth-order valence-electron chi connectivity index (χ4n) is 5.75. The van der Waals surface area contributed by atoms with Crippen LogP contribution >= 0.6 is 11.8 Å². The van der Waals surface area contributed by atoms with E-state index < -0.39 is 0 Å². The second-order valence-corrected chi connectivity index (χ2v) is 11.5. The van der Waals surface area contributed by atoms with Gasteiger partial charge in [-0.2, -0.15) is 0 Å². The summed E-state index contributed by atoms with van der Waals surface area (Å²) in [7, 11) is 0. The Bertz CT molecular complexity index is 554. The minimum absolute atomic E-state index is 0.0247. The molecule has 0 bridgehead atoms. The first kappa shape index (κ1) is 24.9. The molecule has 3 fully saturated rings. The van der Waals surface area contributed by atoms with Crippen LogP contribution < -0.4 is 0 Å². The molecule has 1 saturated carbocycles. The highest BCUT2D eigenvalue weighted by Crippen LogP contribution is 2.45. The van der Waals surface area contributed by atoms with Crippen LogP contribution in [0.3, 0.4) is 0 Å². The van der Waals surface area contributed by atoms with Gasteiger partial charge in [0.05, 0.1) is 4.87 Å². The van der Waals surface area contributed by atoms with Crippen LogP contribution in [-0.2, 0) is 9.59 Å². The molecule has 31 heavy (non-hydrogen) atoms. The lowest BCUT2D eigenvalue weighted by Crippen LogP contribution is -2.55. The number of likely N-dealkylation sites (tertiary alicyclic amines) is 1. The summed E-state index contributed by atoms with van der Waals surface area (Å²) < 4.78 is 0. The topological polar surface area (TPSA) is 40.6 Å². The second-order valence-electron chi connectivity index (χ2n) is 10.1. The van der Waals surface area contributed by atoms with E-state index in [0.29, 0.717) is 18.2 Å². The van der Waals surface area contributed by atoms with Crippen molar-refractivity contribution < 1.29 is 9.59 Å². The third-order valence-electron chi connectivity index (χ3n) is 7.79. The average molecular weight is 451 g/mol. The number of carbonyl (C=O) groups is 2. The van der Waals surface area contributed by atoms with Crippen molar-refractivity contribution in [2.75, 3.05) is 25.4 Å². The van der Waals surface area contributed by atoms with Gasteiger partial charge in [-0.1, -0.05) is 77.6 Å². The van der Waals surface area contributed by atoms with E-state index in [-0.39, 0.29) is 10.8 Å². The highest BCUT2D eigenvalue weighted by molar-refractivity contribution is 8.00. The molecule has 0 aromatic heterocycles. The largest absolute Gasteiger partial charge is 0.342 e. The fraction of sp³-hybridized carbons (Fsp3) is 0.923. The maximum atomic E-state index is 13.2. The van der Waals surface area contributed by atoms with Gasteiger partial charge in [0.1, 0.15) is 0 Å². The zero-order valence-corrected chi connectivity index (χ0v) is 20.9. The zero-order chi connectivity index (χ0) is 21.9. The first-order chi connectivity index (χ1) is 15.2. The van der Waals surface area contributed by atoms with Gasteiger partial charge in [0.25, 0.3) is 0 Å². The lowest BCUT2D eigenvalue weighted by molar-refractivity contribution is -0.141. The van der Waals surface area contributed by atoms with Gasteiger partial charge in [0.2, 0.25) is 11.8 Å². The molecule has 3 rings (SSSR count). The van der Waals surface area contributed by atoms with E-state index in [0.717, 1.165) is 57.5 Å². The third kappa shape index (κ3) is 7.14. The summed E-state index contributed by atoms with van der Waals surface area (Å²) >= 11 is 1.98. The number of hydrogen-bond donors (Lipinski definition) is 0. The van der Waals surface area contributed by atoms with Gasteiger partial charge >= 0.3 is 0 Å². The van der Waals surface area contributed by atoms with E-state index in [1.807, 2.05) is 11.8 Å². The van der Waals surface area contributed by atoms with E-state index in [1.165, 1.54) is 70.6 Å². The number of piperidine rings is 1. The van der Waals surface area contributed by atoms with Crippen molar-refractivity contribution in [3.05, 3.63) is 0 Å². The lowest BCUT2D eigenvalue weighted by Gasteiger charge is -2.45. The average Bonchev–Trinajstić information content (AvgIpc) is 3.21. The standard InChI is InChI=1S/C26H46N2O2S/c1-2-3-4-5-6-7-8-9-13-16-24(29)27-19-17-26(18-20-27)28(21-22-31-26)25(30)23-14-11-10-12-15-23/h23H,2-22H2,1H3. The van der Waals surface area contributed by atoms with Crippen molar-refractivity contribution in [1.82, 2.24) is 9.80 Å². The molecule has 0 radical (unpaired) electrons. The van der Waals surface area contributed by atoms with E-state index in [1.54, 1.807) is 0 Å². The van der Waals surface area contributed by atoms with Gasteiger partial charge in [-0.15, -0.1) is 11.8 Å². The monoisotopic (exact) mass is 450 g/mol. The summed E-state index contributed by atoms with van der Waals surface area (Å²) in [6, 6.07) is 0. The quantitative estimate of drug-likeness (QED) is 0.343. The van der Waals surface area contributed by atoms with Crippen LogP contribution in [0.5, 0.6) is 0 Å². The Morgan fingerprint density at radius 1 is 0.839 bits per heavy atom. The number of thioether (sulfide) groups is 1. The van der Waals surface area contributed by atoms with Crippen molar-refractivity contribution >= 4 is 23.6 Å². The van der Waals surface area contributed by atoms with Gasteiger partial charge in [0.15, 0.2) is 0 Å². The van der Waals surface area contributed by atoms with E-state index >= 15 is 0 Å². The van der Waals surface area contributed by atoms with E-state index in [9.17, 15) is 9.59 Å². The molecule has 0 aromatic rings. The van der Waals surface area contributed by atoms with Crippen molar-refractivity contribution in [3.8, 4) is 0 Å². The molecule has 0 unspecified atom stereocenters. The molecule has 2 aliphatic heterocycles. The van der Waals surface area contributed by atoms with Crippen LogP contribution in [0.1, 0.15) is 116 Å². The van der Waals surface area contributed by atoms with Crippen molar-refractivity contribution in [1.29, 1.82) is 0 Å². The fourth-order valence-corrected chi connectivity index (χ4v) is 7.22. The summed E-state index contributed by atoms with van der Waals surface area (Å²) in [4.78, 5) is 30.2. The van der Waals surface area contributed by atoms with Crippen LogP contribution in [-0.4, -0.2) is 51.9 Å². The molecular formula is C26H46N2O2S. The molecule has 3 aliphatic rings. The zero-order valence-electron chi connectivity index (χ0n) is 20.0. The molecule has 2 saturated heterocycles. The molecular weight excluding hydrogens is 404 g/mol. The highest BCUT2D eigenvalue weighted by atomic mass is 32.2. The second kappa shape index (κ2) is 13.1. The van der Waals surface area contributed by atoms with Gasteiger partial charge in [-0.3, -0.25) is 9.59 Å². The predicted octanol–water partition coefficient (Wildman–Crippen LogP) is 6.38. The Morgan fingerprint density at radius 2 is 1.45 bits per heavy atom. The van der Waals surface area contributed by atoms with E-state index in [2.05, 4.69) is 16.7 Å². The molecule has 2 heterocycles. The van der Waals surface area contributed by atoms with Crippen molar-refractivity contribution in [2.24, 2.45) is 5.92 Å². The Kier molecular flexibility index (Phi) is 10.5. The van der Waals surface area contributed by atoms with Gasteiger partial charge < -0.3 is 9.80 Å². The number of nitrogens with zero attached hydrogens (tertiary/aromatic N) is 2. The Morgan fingerprint density at radius 3 is 2.10 bits per heavy atom. The summed E-state index contributed by atoms with van der Waals surface area (Å²) in [6.45, 7) is 4.83. The van der Waals surface area contributed by atoms with Gasteiger partial charge in [0, 0.05) is 37.7 Å². The number of carbonyl (C=O) groups excluding carboxylic acids is 2. The van der Waals surface area contributed by atoms with Gasteiger partial charge in [-0.05, 0) is 32.1 Å². The minimum Gasteiger partial charge on any atom is -0.342 e. The predicted molar refractivity (Wildman–Crippen MR) is 131 cm³/mol. The summed E-state index contributed by atoms with van der Waals surface area (Å²) in [5.41, 5.74) is 0. The summed E-state index contributed by atoms with van der Waals surface area (Å²) in [6.07, 6.45) is 20.1. The van der Waals surface area contributed by atoms with Crippen LogP contribution in [0.2, 0.25) is 0 Å². The van der Waals surface area contributed by atoms with Crippen LogP contribution in [0, 0.1) is 5.92 Å². The summed E-state index contributed by atoms with van der Waals surface area (Å²) in [5.74, 6) is 2.07. The van der Waals surface area contributed by atoms with Gasteiger partial charge in [-0.25, -0.2) is 0 Å². The SMILES string of the molecule is CCCCCCCCCCCC(=O)N1CCC2(CC1)SCCN2C(=O)C1CCCCC1. The normalized spacial score (nSPS) is 21.7. The Balaban J connectivity index is 1.33. The van der Waals surface area contributed by atoms with Crippen LogP contribution in [0.15, 0.2) is 0 Å². The summed E-state index contributed by atoms with van der Waals surface area (Å²) in [5, 5.41) is 0. The van der Waals surface area contributed by atoms with Crippen LogP contribution in [0.4, 0.5) is 0 Å².